The van der Waals surface area contributed by atoms with Gasteiger partial charge < -0.3 is 20.8 Å². The molecule has 2 aromatic rings. The maximum atomic E-state index is 15.7. The van der Waals surface area contributed by atoms with Gasteiger partial charge in [0, 0.05) is 18.8 Å². The highest BCUT2D eigenvalue weighted by Crippen LogP contribution is 2.34. The normalized spacial score (nSPS) is 19.9. The number of aromatic nitrogens is 2. The van der Waals surface area contributed by atoms with Crippen molar-refractivity contribution < 1.29 is 14.3 Å². The van der Waals surface area contributed by atoms with Crippen molar-refractivity contribution in [1.82, 2.24) is 19.6 Å². The second kappa shape index (κ2) is 12.9. The largest absolute Gasteiger partial charge is 0.515 e. The lowest BCUT2D eigenvalue weighted by molar-refractivity contribution is -0.118. The van der Waals surface area contributed by atoms with Crippen molar-refractivity contribution in [3.05, 3.63) is 41.2 Å². The summed E-state index contributed by atoms with van der Waals surface area (Å²) in [6, 6.07) is 3.32. The number of aliphatic hydroxyl groups excluding tert-OH is 1. The number of carbonyl (C=O) groups excluding carboxylic acids is 1. The molecule has 202 valence electrons. The van der Waals surface area contributed by atoms with E-state index < -0.39 is 11.9 Å². The molecule has 1 aliphatic carbocycles. The number of H-pyrrole nitrogens is 1. The third-order valence-corrected chi connectivity index (χ3v) is 8.89. The summed E-state index contributed by atoms with van der Waals surface area (Å²) in [5, 5.41) is 20.4. The zero-order valence-corrected chi connectivity index (χ0v) is 22.8. The van der Waals surface area contributed by atoms with E-state index in [9.17, 15) is 9.90 Å². The Balaban J connectivity index is 1.61. The fourth-order valence-electron chi connectivity index (χ4n) is 5.79. The molecule has 0 radical (unpaired) electrons. The summed E-state index contributed by atoms with van der Waals surface area (Å²) in [7, 11) is 0. The molecule has 9 heteroatoms. The van der Waals surface area contributed by atoms with Crippen molar-refractivity contribution in [3.8, 4) is 0 Å². The molecule has 1 aliphatic heterocycles. The molecule has 1 unspecified atom stereocenters. The van der Waals surface area contributed by atoms with Gasteiger partial charge in [-0.2, -0.15) is 0 Å². The third-order valence-electron chi connectivity index (χ3n) is 8.01. The number of aromatic amines is 1. The Morgan fingerprint density at radius 1 is 1.24 bits per heavy atom. The van der Waals surface area contributed by atoms with Crippen molar-refractivity contribution in [1.29, 1.82) is 5.41 Å². The number of hydrogen-bond donors (Lipinski definition) is 4. The zero-order valence-electron chi connectivity index (χ0n) is 22.0. The first-order chi connectivity index (χ1) is 17.9. The fraction of sp³-hybridized carbons (Fsp3) is 0.607. The van der Waals surface area contributed by atoms with E-state index in [2.05, 4.69) is 20.9 Å². The van der Waals surface area contributed by atoms with Crippen LogP contribution >= 0.6 is 11.9 Å². The molecule has 2 aliphatic rings. The van der Waals surface area contributed by atoms with E-state index in [1.54, 1.807) is 11.9 Å². The first kappa shape index (κ1) is 27.6. The van der Waals surface area contributed by atoms with E-state index in [0.717, 1.165) is 64.5 Å². The van der Waals surface area contributed by atoms with Crippen LogP contribution < -0.4 is 5.32 Å². The maximum absolute atomic E-state index is 15.7. The average molecular weight is 530 g/mol. The lowest BCUT2D eigenvalue weighted by atomic mass is 9.85. The van der Waals surface area contributed by atoms with Gasteiger partial charge in [0.25, 0.3) is 5.91 Å². The molecule has 2 heterocycles. The maximum Gasteiger partial charge on any atom is 0.256 e. The number of nitrogens with one attached hydrogen (secondary N) is 3. The van der Waals surface area contributed by atoms with Gasteiger partial charge in [-0.05, 0) is 68.7 Å². The van der Waals surface area contributed by atoms with Crippen LogP contribution in [0.15, 0.2) is 24.0 Å². The van der Waals surface area contributed by atoms with Gasteiger partial charge in [0.15, 0.2) is 5.82 Å². The molecule has 1 saturated carbocycles. The summed E-state index contributed by atoms with van der Waals surface area (Å²) < 4.78 is 18.1. The Morgan fingerprint density at radius 3 is 2.54 bits per heavy atom. The molecule has 2 fully saturated rings. The van der Waals surface area contributed by atoms with Crippen LogP contribution in [0, 0.1) is 23.1 Å². The first-order valence-electron chi connectivity index (χ1n) is 13.6. The highest BCUT2D eigenvalue weighted by molar-refractivity contribution is 7.96. The number of piperidine rings is 1. The standard InChI is InChI=1S/C28H40FN5O2S/c1-18(30)22(17-35)28(36)33-25(20-8-6-4-3-5-7-9-20)27-31-23-11-10-21(24(29)26(23)32-27)16-19-12-14-34(37-2)15-13-19/h10-11,17,19-20,25,30,35H,3-9,12-16H2,1-2H3,(H,31,32)(H,33,36)/b22-17+,30-18?. The number of carbonyl (C=O) groups is 1. The topological polar surface area (TPSA) is 105 Å². The van der Waals surface area contributed by atoms with Crippen LogP contribution in [-0.4, -0.2) is 50.3 Å². The number of hydrogen-bond acceptors (Lipinski definition) is 6. The average Bonchev–Trinajstić information content (AvgIpc) is 3.30. The molecule has 1 saturated heterocycles. The van der Waals surface area contributed by atoms with E-state index >= 15 is 4.39 Å². The van der Waals surface area contributed by atoms with Crippen molar-refractivity contribution in [2.75, 3.05) is 19.3 Å². The minimum absolute atomic E-state index is 0.0138. The van der Waals surface area contributed by atoms with Crippen molar-refractivity contribution >= 4 is 34.6 Å². The first-order valence-corrected chi connectivity index (χ1v) is 14.8. The molecular formula is C28H40FN5O2S. The monoisotopic (exact) mass is 529 g/mol. The highest BCUT2D eigenvalue weighted by atomic mass is 32.2. The number of fused-ring (bicyclic) bond motifs is 1. The van der Waals surface area contributed by atoms with Gasteiger partial charge in [0.05, 0.1) is 23.4 Å². The van der Waals surface area contributed by atoms with Crippen LogP contribution in [0.1, 0.15) is 82.1 Å². The molecule has 4 rings (SSSR count). The molecule has 1 aromatic carbocycles. The molecule has 37 heavy (non-hydrogen) atoms. The van der Waals surface area contributed by atoms with Gasteiger partial charge in [-0.3, -0.25) is 9.10 Å². The van der Waals surface area contributed by atoms with Crippen LogP contribution in [0.5, 0.6) is 0 Å². The second-order valence-electron chi connectivity index (χ2n) is 10.5. The van der Waals surface area contributed by atoms with E-state index in [1.165, 1.54) is 13.3 Å². The Morgan fingerprint density at radius 2 is 1.92 bits per heavy atom. The second-order valence-corrected chi connectivity index (χ2v) is 11.4. The van der Waals surface area contributed by atoms with Crippen LogP contribution in [0.25, 0.3) is 11.0 Å². The van der Waals surface area contributed by atoms with E-state index in [0.29, 0.717) is 41.0 Å². The quantitative estimate of drug-likeness (QED) is 0.140. The number of nitrogens with zero attached hydrogens (tertiary/aromatic N) is 2. The summed E-state index contributed by atoms with van der Waals surface area (Å²) in [5.74, 6) is 0.350. The van der Waals surface area contributed by atoms with Crippen LogP contribution in [0.2, 0.25) is 0 Å². The summed E-state index contributed by atoms with van der Waals surface area (Å²) in [5.41, 5.74) is 1.55. The third kappa shape index (κ3) is 6.74. The molecule has 0 spiro atoms. The predicted octanol–water partition coefficient (Wildman–Crippen LogP) is 6.23. The molecule has 1 atom stereocenters. The SMILES string of the molecule is CSN1CCC(Cc2ccc3[nH]c(C(NC(=O)/C(=C/O)C(C)=N)C4CCCCCCC4)nc3c2F)CC1. The Hall–Kier alpha value is -2.39. The van der Waals surface area contributed by atoms with Crippen molar-refractivity contribution in [3.63, 3.8) is 0 Å². The minimum atomic E-state index is -0.514. The highest BCUT2D eigenvalue weighted by Gasteiger charge is 2.30. The number of benzene rings is 1. The number of rotatable bonds is 8. The predicted molar refractivity (Wildman–Crippen MR) is 148 cm³/mol. The molecule has 7 nitrogen and oxygen atoms in total. The Kier molecular flexibility index (Phi) is 9.65. The smallest absolute Gasteiger partial charge is 0.256 e. The summed E-state index contributed by atoms with van der Waals surface area (Å²) in [6.07, 6.45) is 13.2. The molecule has 0 bridgehead atoms. The van der Waals surface area contributed by atoms with Crippen LogP contribution in [0.3, 0.4) is 0 Å². The molecular weight excluding hydrogens is 489 g/mol. The molecule has 4 N–H and O–H groups in total. The van der Waals surface area contributed by atoms with Gasteiger partial charge in [0.1, 0.15) is 11.3 Å². The summed E-state index contributed by atoms with van der Waals surface area (Å²) in [6.45, 7) is 3.53. The van der Waals surface area contributed by atoms with Gasteiger partial charge >= 0.3 is 0 Å². The zero-order chi connectivity index (χ0) is 26.4. The number of amides is 1. The van der Waals surface area contributed by atoms with E-state index in [1.807, 2.05) is 12.1 Å². The van der Waals surface area contributed by atoms with Crippen molar-refractivity contribution in [2.24, 2.45) is 11.8 Å². The number of halogens is 1. The summed E-state index contributed by atoms with van der Waals surface area (Å²) in [4.78, 5) is 21.0. The van der Waals surface area contributed by atoms with Crippen molar-refractivity contribution in [2.45, 2.75) is 77.2 Å². The van der Waals surface area contributed by atoms with Gasteiger partial charge in [-0.15, -0.1) is 0 Å². The molecule has 1 aromatic heterocycles. The number of imidazole rings is 1. The fourth-order valence-corrected chi connectivity index (χ4v) is 6.37. The number of aliphatic hydroxyl groups is 1. The lowest BCUT2D eigenvalue weighted by Gasteiger charge is -2.30. The molecule has 1 amide bonds. The van der Waals surface area contributed by atoms with Gasteiger partial charge in [-0.25, -0.2) is 9.37 Å². The van der Waals surface area contributed by atoms with E-state index in [-0.39, 0.29) is 23.0 Å². The minimum Gasteiger partial charge on any atom is -0.515 e. The Labute approximate surface area is 223 Å². The Bertz CT molecular complexity index is 1120. The van der Waals surface area contributed by atoms with Crippen LogP contribution in [0.4, 0.5) is 4.39 Å². The lowest BCUT2D eigenvalue weighted by Crippen LogP contribution is -2.36. The summed E-state index contributed by atoms with van der Waals surface area (Å²) >= 11 is 1.77. The van der Waals surface area contributed by atoms with Gasteiger partial charge in [-0.1, -0.05) is 50.1 Å². The van der Waals surface area contributed by atoms with Gasteiger partial charge in [0.2, 0.25) is 0 Å². The van der Waals surface area contributed by atoms with Crippen LogP contribution in [-0.2, 0) is 11.2 Å². The van der Waals surface area contributed by atoms with E-state index in [4.69, 9.17) is 10.4 Å².